The Bertz CT molecular complexity index is 720. The van der Waals surface area contributed by atoms with E-state index in [-0.39, 0.29) is 23.4 Å². The summed E-state index contributed by atoms with van der Waals surface area (Å²) in [6.07, 6.45) is 0.502. The number of benzene rings is 1. The van der Waals surface area contributed by atoms with Crippen molar-refractivity contribution in [2.75, 3.05) is 14.2 Å². The van der Waals surface area contributed by atoms with Crippen molar-refractivity contribution in [2.45, 2.75) is 31.0 Å². The molecule has 1 fully saturated rings. The maximum Gasteiger partial charge on any atom is 0.337 e. The maximum atomic E-state index is 12.6. The Labute approximate surface area is 139 Å². The topological polar surface area (TPSA) is 78.9 Å². The number of ketones is 1. The van der Waals surface area contributed by atoms with E-state index in [9.17, 15) is 14.4 Å². The molecule has 2 bridgehead atoms. The number of carbonyl (C=O) groups excluding carboxylic acids is 3. The Morgan fingerprint density at radius 2 is 1.79 bits per heavy atom. The Kier molecular flexibility index (Phi) is 4.24. The Morgan fingerprint density at radius 3 is 2.42 bits per heavy atom. The first-order valence-corrected chi connectivity index (χ1v) is 7.70. The highest BCUT2D eigenvalue weighted by molar-refractivity contribution is 6.06. The fraction of sp³-hybridized carbons (Fsp3) is 0.389. The molecule has 6 nitrogen and oxygen atoms in total. The molecule has 0 spiro atoms. The van der Waals surface area contributed by atoms with Crippen LogP contribution in [-0.4, -0.2) is 43.6 Å². The summed E-state index contributed by atoms with van der Waals surface area (Å²) in [5.74, 6) is -1.42. The number of carbonyl (C=O) groups is 3. The van der Waals surface area contributed by atoms with Crippen LogP contribution in [0.2, 0.25) is 0 Å². The van der Waals surface area contributed by atoms with Crippen molar-refractivity contribution in [1.29, 1.82) is 0 Å². The third-order valence-corrected chi connectivity index (χ3v) is 4.56. The fourth-order valence-electron chi connectivity index (χ4n) is 3.49. The van der Waals surface area contributed by atoms with Crippen LogP contribution in [0.15, 0.2) is 41.5 Å². The molecule has 0 radical (unpaired) electrons. The molecule has 1 aromatic rings. The van der Waals surface area contributed by atoms with Crippen LogP contribution in [0, 0.1) is 0 Å². The van der Waals surface area contributed by atoms with Crippen LogP contribution in [0.25, 0.3) is 0 Å². The number of esters is 2. The number of Topliss-reactive ketones (excluding diaryl/α,β-unsaturated/α-hetero) is 1. The van der Waals surface area contributed by atoms with Crippen LogP contribution in [0.1, 0.15) is 29.6 Å². The molecule has 6 heteroatoms. The summed E-state index contributed by atoms with van der Waals surface area (Å²) >= 11 is 0. The number of ether oxygens (including phenoxy) is 3. The van der Waals surface area contributed by atoms with Crippen LogP contribution < -0.4 is 0 Å². The van der Waals surface area contributed by atoms with Crippen molar-refractivity contribution in [1.82, 2.24) is 0 Å². The molecule has 1 aromatic carbocycles. The molecular weight excluding hydrogens is 312 g/mol. The lowest BCUT2D eigenvalue weighted by Gasteiger charge is -2.26. The van der Waals surface area contributed by atoms with Gasteiger partial charge in [-0.2, -0.15) is 0 Å². The summed E-state index contributed by atoms with van der Waals surface area (Å²) in [4.78, 5) is 37.0. The molecule has 0 saturated carbocycles. The van der Waals surface area contributed by atoms with E-state index in [2.05, 4.69) is 0 Å². The van der Waals surface area contributed by atoms with E-state index < -0.39 is 23.6 Å². The lowest BCUT2D eigenvalue weighted by atomic mass is 9.78. The predicted octanol–water partition coefficient (Wildman–Crippen LogP) is 1.83. The van der Waals surface area contributed by atoms with Crippen molar-refractivity contribution in [2.24, 2.45) is 0 Å². The standard InChI is InChI=1S/C18H18O6/c1-22-16(20)14-13-8-9-18(24-13,15(14)17(21)23-2)10-12(19)11-6-4-3-5-7-11/h3-7,13H,8-10H2,1-2H3. The van der Waals surface area contributed by atoms with Gasteiger partial charge in [0.05, 0.1) is 31.5 Å². The first-order valence-electron chi connectivity index (χ1n) is 7.70. The molecule has 2 heterocycles. The van der Waals surface area contributed by atoms with Gasteiger partial charge in [0.25, 0.3) is 0 Å². The zero-order chi connectivity index (χ0) is 17.3. The fourth-order valence-corrected chi connectivity index (χ4v) is 3.49. The van der Waals surface area contributed by atoms with Gasteiger partial charge in [-0.3, -0.25) is 4.79 Å². The van der Waals surface area contributed by atoms with Gasteiger partial charge in [-0.15, -0.1) is 0 Å². The average molecular weight is 330 g/mol. The third kappa shape index (κ3) is 2.53. The summed E-state index contributed by atoms with van der Waals surface area (Å²) in [5, 5.41) is 0. The second-order valence-electron chi connectivity index (χ2n) is 5.88. The number of hydrogen-bond donors (Lipinski definition) is 0. The minimum atomic E-state index is -1.12. The quantitative estimate of drug-likeness (QED) is 0.605. The van der Waals surface area contributed by atoms with Crippen molar-refractivity contribution >= 4 is 17.7 Å². The zero-order valence-electron chi connectivity index (χ0n) is 13.5. The molecule has 0 aromatic heterocycles. The highest BCUT2D eigenvalue weighted by Gasteiger charge is 2.58. The van der Waals surface area contributed by atoms with Crippen LogP contribution >= 0.6 is 0 Å². The number of rotatable bonds is 5. The summed E-state index contributed by atoms with van der Waals surface area (Å²) in [7, 11) is 2.49. The van der Waals surface area contributed by atoms with Gasteiger partial charge >= 0.3 is 11.9 Å². The van der Waals surface area contributed by atoms with Crippen molar-refractivity contribution in [3.63, 3.8) is 0 Å². The van der Waals surface area contributed by atoms with Crippen LogP contribution in [-0.2, 0) is 23.8 Å². The average Bonchev–Trinajstić information content (AvgIpc) is 3.16. The highest BCUT2D eigenvalue weighted by Crippen LogP contribution is 2.50. The molecule has 126 valence electrons. The molecule has 3 rings (SSSR count). The minimum absolute atomic E-state index is 0.0154. The largest absolute Gasteiger partial charge is 0.466 e. The van der Waals surface area contributed by atoms with E-state index in [1.54, 1.807) is 24.3 Å². The maximum absolute atomic E-state index is 12.6. The van der Waals surface area contributed by atoms with Gasteiger partial charge in [0.1, 0.15) is 5.60 Å². The minimum Gasteiger partial charge on any atom is -0.466 e. The molecule has 24 heavy (non-hydrogen) atoms. The van der Waals surface area contributed by atoms with E-state index in [1.807, 2.05) is 6.07 Å². The molecular formula is C18H18O6. The van der Waals surface area contributed by atoms with E-state index in [0.717, 1.165) is 0 Å². The molecule has 0 aliphatic carbocycles. The Hall–Kier alpha value is -2.47. The van der Waals surface area contributed by atoms with Crippen molar-refractivity contribution in [3.05, 3.63) is 47.0 Å². The number of fused-ring (bicyclic) bond motifs is 2. The van der Waals surface area contributed by atoms with Gasteiger partial charge in [0.2, 0.25) is 0 Å². The SMILES string of the molecule is COC(=O)C1=C(C(=O)OC)C2(CC(=O)c3ccccc3)CCC1O2. The third-order valence-electron chi connectivity index (χ3n) is 4.56. The van der Waals surface area contributed by atoms with E-state index >= 15 is 0 Å². The van der Waals surface area contributed by atoms with Crippen LogP contribution in [0.4, 0.5) is 0 Å². The van der Waals surface area contributed by atoms with Crippen molar-refractivity contribution in [3.8, 4) is 0 Å². The summed E-state index contributed by atoms with van der Waals surface area (Å²) in [6.45, 7) is 0. The van der Waals surface area contributed by atoms with Crippen LogP contribution in [0.3, 0.4) is 0 Å². The summed E-state index contributed by atoms with van der Waals surface area (Å²) in [5.41, 5.74) is -0.280. The summed E-state index contributed by atoms with van der Waals surface area (Å²) in [6, 6.07) is 8.79. The molecule has 2 aliphatic heterocycles. The monoisotopic (exact) mass is 330 g/mol. The van der Waals surface area contributed by atoms with E-state index in [0.29, 0.717) is 18.4 Å². The lowest BCUT2D eigenvalue weighted by molar-refractivity contribution is -0.140. The van der Waals surface area contributed by atoms with E-state index in [4.69, 9.17) is 14.2 Å². The van der Waals surface area contributed by atoms with Gasteiger partial charge < -0.3 is 14.2 Å². The van der Waals surface area contributed by atoms with Gasteiger partial charge in [-0.25, -0.2) is 9.59 Å². The highest BCUT2D eigenvalue weighted by atomic mass is 16.6. The molecule has 1 saturated heterocycles. The zero-order valence-corrected chi connectivity index (χ0v) is 13.5. The number of methoxy groups -OCH3 is 2. The van der Waals surface area contributed by atoms with Gasteiger partial charge in [-0.1, -0.05) is 30.3 Å². The molecule has 2 aliphatic rings. The smallest absolute Gasteiger partial charge is 0.337 e. The molecule has 0 N–H and O–H groups in total. The lowest BCUT2D eigenvalue weighted by Crippen LogP contribution is -2.36. The van der Waals surface area contributed by atoms with Gasteiger partial charge in [-0.05, 0) is 12.8 Å². The summed E-state index contributed by atoms with van der Waals surface area (Å²) < 4.78 is 15.5. The molecule has 2 unspecified atom stereocenters. The Morgan fingerprint density at radius 1 is 1.12 bits per heavy atom. The number of hydrogen-bond acceptors (Lipinski definition) is 6. The first kappa shape index (κ1) is 16.4. The van der Waals surface area contributed by atoms with Gasteiger partial charge in [0.15, 0.2) is 5.78 Å². The predicted molar refractivity (Wildman–Crippen MR) is 83.3 cm³/mol. The second kappa shape index (κ2) is 6.20. The second-order valence-corrected chi connectivity index (χ2v) is 5.88. The van der Waals surface area contributed by atoms with E-state index in [1.165, 1.54) is 14.2 Å². The van der Waals surface area contributed by atoms with Gasteiger partial charge in [0, 0.05) is 12.0 Å². The Balaban J connectivity index is 1.99. The van der Waals surface area contributed by atoms with Crippen molar-refractivity contribution < 1.29 is 28.6 Å². The van der Waals surface area contributed by atoms with Crippen LogP contribution in [0.5, 0.6) is 0 Å². The molecule has 0 amide bonds. The first-order chi connectivity index (χ1) is 11.5. The molecule has 2 atom stereocenters. The normalized spacial score (nSPS) is 24.8.